The minimum Gasteiger partial charge on any atom is -0.550 e. The minimum atomic E-state index is -0.909. The van der Waals surface area contributed by atoms with Gasteiger partial charge in [0, 0.05) is 5.97 Å². The number of rotatable bonds is 13. The Bertz CT molecular complexity index is 402. The van der Waals surface area contributed by atoms with Crippen molar-refractivity contribution in [2.45, 2.75) is 97.4 Å². The van der Waals surface area contributed by atoms with Crippen molar-refractivity contribution in [1.82, 2.24) is 4.57 Å². The van der Waals surface area contributed by atoms with E-state index in [1.54, 1.807) is 0 Å². The van der Waals surface area contributed by atoms with Crippen LogP contribution in [0.2, 0.25) is 0 Å². The number of imidazole rings is 1. The summed E-state index contributed by atoms with van der Waals surface area (Å²) < 4.78 is 4.28. The zero-order valence-electron chi connectivity index (χ0n) is 16.1. The molecule has 0 saturated carbocycles. The number of aryl methyl sites for hydroxylation is 2. The number of nitrogens with zero attached hydrogens (tertiary/aromatic N) is 2. The zero-order valence-corrected chi connectivity index (χ0v) is 16.1. The standard InChI is InChI=1S/C12H24O2.C8H15N2/c1-2-3-4-5-6-7-8-9-10-11-12(13)14;1-3-4-5-10-7-6-9(2)8-10/h2-11H2,1H3,(H,13,14);6-8H,3-5H2,1-2H3/q;+1/p-1. The van der Waals surface area contributed by atoms with Gasteiger partial charge in [-0.1, -0.05) is 71.6 Å². The average molecular weight is 339 g/mol. The van der Waals surface area contributed by atoms with Crippen LogP contribution in [0, 0.1) is 0 Å². The molecule has 0 spiro atoms. The Kier molecular flexibility index (Phi) is 15.6. The fraction of sp³-hybridized carbons (Fsp3) is 0.800. The van der Waals surface area contributed by atoms with E-state index in [9.17, 15) is 9.90 Å². The molecule has 0 fully saturated rings. The van der Waals surface area contributed by atoms with Crippen LogP contribution in [0.25, 0.3) is 0 Å². The zero-order chi connectivity index (χ0) is 18.0. The Balaban J connectivity index is 0.000000463. The van der Waals surface area contributed by atoms with Gasteiger partial charge in [-0.15, -0.1) is 0 Å². The maximum absolute atomic E-state index is 10.1. The van der Waals surface area contributed by atoms with Crippen molar-refractivity contribution in [2.24, 2.45) is 7.05 Å². The van der Waals surface area contributed by atoms with Crippen LogP contribution in [0.3, 0.4) is 0 Å². The maximum atomic E-state index is 10.1. The topological polar surface area (TPSA) is 48.9 Å². The van der Waals surface area contributed by atoms with Crippen molar-refractivity contribution >= 4 is 5.97 Å². The third kappa shape index (κ3) is 15.6. The van der Waals surface area contributed by atoms with E-state index in [0.29, 0.717) is 0 Å². The Morgan fingerprint density at radius 2 is 1.46 bits per heavy atom. The molecule has 1 rings (SSSR count). The van der Waals surface area contributed by atoms with Crippen LogP contribution >= 0.6 is 0 Å². The third-order valence-corrected chi connectivity index (χ3v) is 4.08. The third-order valence-electron chi connectivity index (χ3n) is 4.08. The van der Waals surface area contributed by atoms with Crippen LogP contribution in [-0.4, -0.2) is 10.5 Å². The van der Waals surface area contributed by atoms with Crippen molar-refractivity contribution in [3.63, 3.8) is 0 Å². The molecule has 0 unspecified atom stereocenters. The van der Waals surface area contributed by atoms with Crippen molar-refractivity contribution < 1.29 is 14.5 Å². The van der Waals surface area contributed by atoms with E-state index in [2.05, 4.69) is 41.7 Å². The molecule has 0 bridgehead atoms. The van der Waals surface area contributed by atoms with E-state index in [1.807, 2.05) is 7.05 Å². The minimum absolute atomic E-state index is 0.232. The molecular weight excluding hydrogens is 300 g/mol. The van der Waals surface area contributed by atoms with E-state index in [-0.39, 0.29) is 6.42 Å². The van der Waals surface area contributed by atoms with Crippen LogP contribution in [-0.2, 0) is 18.4 Å². The van der Waals surface area contributed by atoms with E-state index in [1.165, 1.54) is 57.8 Å². The molecule has 0 atom stereocenters. The van der Waals surface area contributed by atoms with Gasteiger partial charge in [0.25, 0.3) is 0 Å². The van der Waals surface area contributed by atoms with E-state index in [4.69, 9.17) is 0 Å². The summed E-state index contributed by atoms with van der Waals surface area (Å²) in [7, 11) is 2.04. The molecule has 0 radical (unpaired) electrons. The second-order valence-corrected chi connectivity index (χ2v) is 6.62. The van der Waals surface area contributed by atoms with Crippen LogP contribution in [0.4, 0.5) is 0 Å². The quantitative estimate of drug-likeness (QED) is 0.406. The highest BCUT2D eigenvalue weighted by Gasteiger charge is 1.96. The van der Waals surface area contributed by atoms with Gasteiger partial charge in [0.1, 0.15) is 12.4 Å². The number of carboxylic acid groups (broad SMARTS) is 1. The molecule has 4 heteroatoms. The van der Waals surface area contributed by atoms with Crippen LogP contribution in [0.1, 0.15) is 90.9 Å². The van der Waals surface area contributed by atoms with Gasteiger partial charge in [0.05, 0.1) is 13.6 Å². The second kappa shape index (κ2) is 16.5. The molecule has 0 N–H and O–H groups in total. The second-order valence-electron chi connectivity index (χ2n) is 6.62. The lowest BCUT2D eigenvalue weighted by Gasteiger charge is -2.02. The Labute approximate surface area is 148 Å². The Morgan fingerprint density at radius 1 is 0.917 bits per heavy atom. The van der Waals surface area contributed by atoms with E-state index >= 15 is 0 Å². The predicted octanol–water partition coefficient (Wildman–Crippen LogP) is 3.77. The molecule has 1 aromatic heterocycles. The van der Waals surface area contributed by atoms with E-state index in [0.717, 1.165) is 19.4 Å². The molecule has 4 nitrogen and oxygen atoms in total. The normalized spacial score (nSPS) is 10.3. The first kappa shape index (κ1) is 22.7. The molecule has 0 aromatic carbocycles. The fourth-order valence-electron chi connectivity index (χ4n) is 2.55. The van der Waals surface area contributed by atoms with Gasteiger partial charge >= 0.3 is 0 Å². The maximum Gasteiger partial charge on any atom is 0.243 e. The molecule has 0 saturated heterocycles. The summed E-state index contributed by atoms with van der Waals surface area (Å²) in [5, 5.41) is 10.1. The molecule has 0 aliphatic heterocycles. The van der Waals surface area contributed by atoms with Gasteiger partial charge in [-0.05, 0) is 19.3 Å². The van der Waals surface area contributed by atoms with Gasteiger partial charge < -0.3 is 9.90 Å². The number of carboxylic acids is 1. The highest BCUT2D eigenvalue weighted by Crippen LogP contribution is 2.10. The average Bonchev–Trinajstić information content (AvgIpc) is 2.97. The Morgan fingerprint density at radius 3 is 1.92 bits per heavy atom. The van der Waals surface area contributed by atoms with Crippen molar-refractivity contribution in [1.29, 1.82) is 0 Å². The lowest BCUT2D eigenvalue weighted by molar-refractivity contribution is -0.671. The van der Waals surface area contributed by atoms with Crippen molar-refractivity contribution in [2.75, 3.05) is 0 Å². The summed E-state index contributed by atoms with van der Waals surface area (Å²) >= 11 is 0. The lowest BCUT2D eigenvalue weighted by Crippen LogP contribution is -2.23. The summed E-state index contributed by atoms with van der Waals surface area (Å²) in [6.07, 6.45) is 20.0. The molecule has 1 heterocycles. The predicted molar refractivity (Wildman–Crippen MR) is 97.4 cm³/mol. The number of carbonyl (C=O) groups is 1. The summed E-state index contributed by atoms with van der Waals surface area (Å²) in [4.78, 5) is 10.1. The molecule has 24 heavy (non-hydrogen) atoms. The number of hydrogen-bond donors (Lipinski definition) is 0. The number of unbranched alkanes of at least 4 members (excludes halogenated alkanes) is 9. The molecule has 0 aliphatic carbocycles. The van der Waals surface area contributed by atoms with Crippen LogP contribution < -0.4 is 9.67 Å². The summed E-state index contributed by atoms with van der Waals surface area (Å²) in [5.74, 6) is -0.909. The highest BCUT2D eigenvalue weighted by atomic mass is 16.4. The number of hydrogen-bond acceptors (Lipinski definition) is 2. The van der Waals surface area contributed by atoms with Gasteiger partial charge in [0.2, 0.25) is 6.33 Å². The first-order valence-corrected chi connectivity index (χ1v) is 9.81. The first-order chi connectivity index (χ1) is 11.6. The molecule has 0 aliphatic rings. The monoisotopic (exact) mass is 338 g/mol. The SMILES string of the molecule is CCCCCCCCCCCC(=O)[O-].CCCCn1cc[n+](C)c1. The molecule has 140 valence electrons. The van der Waals surface area contributed by atoms with Gasteiger partial charge in [0.15, 0.2) is 0 Å². The summed E-state index contributed by atoms with van der Waals surface area (Å²) in [6, 6.07) is 0. The number of carbonyl (C=O) groups excluding carboxylic acids is 1. The first-order valence-electron chi connectivity index (χ1n) is 9.81. The number of aliphatic carboxylic acids is 1. The lowest BCUT2D eigenvalue weighted by atomic mass is 10.1. The molecule has 1 aromatic rings. The largest absolute Gasteiger partial charge is 0.550 e. The van der Waals surface area contributed by atoms with Gasteiger partial charge in [-0.3, -0.25) is 0 Å². The van der Waals surface area contributed by atoms with Crippen molar-refractivity contribution in [3.05, 3.63) is 18.7 Å². The van der Waals surface area contributed by atoms with E-state index < -0.39 is 5.97 Å². The number of aromatic nitrogens is 2. The summed E-state index contributed by atoms with van der Waals surface area (Å²) in [6.45, 7) is 5.58. The van der Waals surface area contributed by atoms with Crippen LogP contribution in [0.15, 0.2) is 18.7 Å². The van der Waals surface area contributed by atoms with Gasteiger partial charge in [-0.2, -0.15) is 0 Å². The highest BCUT2D eigenvalue weighted by molar-refractivity contribution is 5.63. The van der Waals surface area contributed by atoms with Crippen molar-refractivity contribution in [3.8, 4) is 0 Å². The fourth-order valence-corrected chi connectivity index (χ4v) is 2.55. The van der Waals surface area contributed by atoms with Crippen LogP contribution in [0.5, 0.6) is 0 Å². The smallest absolute Gasteiger partial charge is 0.243 e. The molecular formula is C20H38N2O2. The molecule has 0 amide bonds. The van der Waals surface area contributed by atoms with Gasteiger partial charge in [-0.25, -0.2) is 9.13 Å². The Hall–Kier alpha value is -1.32. The summed E-state index contributed by atoms with van der Waals surface area (Å²) in [5.41, 5.74) is 0.